The van der Waals surface area contributed by atoms with Gasteiger partial charge in [0.2, 0.25) is 5.91 Å². The minimum Gasteiger partial charge on any atom is -0.368 e. The van der Waals surface area contributed by atoms with Crippen molar-refractivity contribution in [2.24, 2.45) is 0 Å². The van der Waals surface area contributed by atoms with E-state index in [1.54, 1.807) is 0 Å². The Labute approximate surface area is 115 Å². The molecule has 2 heterocycles. The van der Waals surface area contributed by atoms with Crippen molar-refractivity contribution in [2.75, 3.05) is 13.2 Å². The lowest BCUT2D eigenvalue weighted by atomic mass is 10.2. The summed E-state index contributed by atoms with van der Waals surface area (Å²) >= 11 is 3.42. The molecule has 6 heteroatoms. The van der Waals surface area contributed by atoms with Gasteiger partial charge in [0.05, 0.1) is 10.2 Å². The van der Waals surface area contributed by atoms with Gasteiger partial charge >= 0.3 is 0 Å². The summed E-state index contributed by atoms with van der Waals surface area (Å²) in [7, 11) is 0. The molecule has 2 rings (SSSR count). The highest BCUT2D eigenvalue weighted by Gasteiger charge is 2.22. The van der Waals surface area contributed by atoms with Gasteiger partial charge in [-0.05, 0) is 42.1 Å². The first-order chi connectivity index (χ1) is 8.66. The van der Waals surface area contributed by atoms with E-state index in [0.29, 0.717) is 13.2 Å². The molecule has 5 nitrogen and oxygen atoms in total. The number of hydrogen-bond acceptors (Lipinski definition) is 3. The molecule has 0 spiro atoms. The van der Waals surface area contributed by atoms with Crippen LogP contribution < -0.4 is 5.32 Å². The second-order valence-electron chi connectivity index (χ2n) is 4.47. The molecule has 0 saturated carbocycles. The Kier molecular flexibility index (Phi) is 4.77. The number of nitrogens with one attached hydrogen (secondary N) is 1. The third kappa shape index (κ3) is 3.55. The second-order valence-corrected chi connectivity index (χ2v) is 5.33. The number of hydrogen-bond donors (Lipinski definition) is 1. The van der Waals surface area contributed by atoms with Gasteiger partial charge < -0.3 is 10.1 Å². The number of aromatic nitrogens is 2. The number of rotatable bonds is 5. The number of nitrogens with zero attached hydrogens (tertiary/aromatic N) is 2. The summed E-state index contributed by atoms with van der Waals surface area (Å²) < 4.78 is 8.22. The summed E-state index contributed by atoms with van der Waals surface area (Å²) in [6.07, 6.45) is 4.42. The van der Waals surface area contributed by atoms with Crippen LogP contribution in [0.1, 0.15) is 25.0 Å². The van der Waals surface area contributed by atoms with Gasteiger partial charge in [-0.15, -0.1) is 0 Å². The molecule has 1 N–H and O–H groups in total. The molecule has 1 aromatic heterocycles. The number of ether oxygens (including phenoxy) is 1. The highest BCUT2D eigenvalue weighted by molar-refractivity contribution is 9.10. The molecular formula is C12H18BrN3O2. The lowest BCUT2D eigenvalue weighted by Gasteiger charge is -2.10. The van der Waals surface area contributed by atoms with Gasteiger partial charge in [0.1, 0.15) is 6.10 Å². The molecule has 0 aromatic carbocycles. The van der Waals surface area contributed by atoms with Crippen molar-refractivity contribution < 1.29 is 9.53 Å². The fraction of sp³-hybridized carbons (Fsp3) is 0.667. The molecule has 1 aromatic rings. The highest BCUT2D eigenvalue weighted by atomic mass is 79.9. The van der Waals surface area contributed by atoms with Crippen LogP contribution in [0.4, 0.5) is 0 Å². The normalized spacial score (nSPS) is 19.1. The summed E-state index contributed by atoms with van der Waals surface area (Å²) in [4.78, 5) is 11.6. The first-order valence-electron chi connectivity index (χ1n) is 6.25. The van der Waals surface area contributed by atoms with E-state index in [2.05, 4.69) is 26.3 Å². The maximum absolute atomic E-state index is 11.6. The van der Waals surface area contributed by atoms with Crippen LogP contribution in [-0.4, -0.2) is 34.9 Å². The standard InChI is InChI=1S/C12H18BrN3O2/c1-9-10(13)8-16(15-9)6-3-5-14-12(17)11-4-2-7-18-11/h8,11H,2-7H2,1H3,(H,14,17)/t11-/m0/s1. The average molecular weight is 316 g/mol. The van der Waals surface area contributed by atoms with Crippen LogP contribution in [-0.2, 0) is 16.1 Å². The Morgan fingerprint density at radius 2 is 2.56 bits per heavy atom. The van der Waals surface area contributed by atoms with Crippen LogP contribution in [0.15, 0.2) is 10.7 Å². The lowest BCUT2D eigenvalue weighted by molar-refractivity contribution is -0.130. The van der Waals surface area contributed by atoms with Gasteiger partial charge in [-0.3, -0.25) is 9.48 Å². The Morgan fingerprint density at radius 1 is 1.72 bits per heavy atom. The maximum atomic E-state index is 11.6. The Hall–Kier alpha value is -0.880. The molecule has 0 bridgehead atoms. The minimum absolute atomic E-state index is 0.0188. The molecule has 1 fully saturated rings. The first-order valence-corrected chi connectivity index (χ1v) is 7.05. The smallest absolute Gasteiger partial charge is 0.249 e. The first kappa shape index (κ1) is 13.5. The lowest BCUT2D eigenvalue weighted by Crippen LogP contribution is -2.35. The molecule has 1 aliphatic rings. The predicted molar refractivity (Wildman–Crippen MR) is 71.3 cm³/mol. The van der Waals surface area contributed by atoms with Gasteiger partial charge in [-0.1, -0.05) is 0 Å². The van der Waals surface area contributed by atoms with Crippen molar-refractivity contribution in [3.8, 4) is 0 Å². The summed E-state index contributed by atoms with van der Waals surface area (Å²) in [5.41, 5.74) is 0.985. The Bertz CT molecular complexity index is 394. The van der Waals surface area contributed by atoms with Crippen molar-refractivity contribution in [1.82, 2.24) is 15.1 Å². The number of amides is 1. The van der Waals surface area contributed by atoms with E-state index in [0.717, 1.165) is 36.0 Å². The molecule has 1 amide bonds. The molecule has 1 atom stereocenters. The van der Waals surface area contributed by atoms with E-state index in [9.17, 15) is 4.79 Å². The van der Waals surface area contributed by atoms with E-state index < -0.39 is 0 Å². The van der Waals surface area contributed by atoms with Gasteiger partial charge in [0.25, 0.3) is 0 Å². The molecular weight excluding hydrogens is 298 g/mol. The second kappa shape index (κ2) is 6.33. The number of halogens is 1. The zero-order chi connectivity index (χ0) is 13.0. The maximum Gasteiger partial charge on any atom is 0.249 e. The molecule has 18 heavy (non-hydrogen) atoms. The Balaban J connectivity index is 1.65. The van der Waals surface area contributed by atoms with Gasteiger partial charge in [-0.25, -0.2) is 0 Å². The van der Waals surface area contributed by atoms with Gasteiger partial charge in [-0.2, -0.15) is 5.10 Å². The fourth-order valence-corrected chi connectivity index (χ4v) is 2.27. The van der Waals surface area contributed by atoms with Crippen molar-refractivity contribution in [3.63, 3.8) is 0 Å². The van der Waals surface area contributed by atoms with Crippen LogP contribution in [0.5, 0.6) is 0 Å². The quantitative estimate of drug-likeness (QED) is 0.840. The van der Waals surface area contributed by atoms with E-state index in [-0.39, 0.29) is 12.0 Å². The molecule has 0 aliphatic carbocycles. The van der Waals surface area contributed by atoms with E-state index >= 15 is 0 Å². The van der Waals surface area contributed by atoms with E-state index in [1.807, 2.05) is 17.8 Å². The van der Waals surface area contributed by atoms with Crippen molar-refractivity contribution >= 4 is 21.8 Å². The number of carbonyl (C=O) groups excluding carboxylic acids is 1. The third-order valence-corrected chi connectivity index (χ3v) is 3.75. The Morgan fingerprint density at radius 3 is 3.17 bits per heavy atom. The van der Waals surface area contributed by atoms with Crippen LogP contribution in [0, 0.1) is 6.92 Å². The molecule has 0 unspecified atom stereocenters. The van der Waals surface area contributed by atoms with Crippen LogP contribution in [0.25, 0.3) is 0 Å². The van der Waals surface area contributed by atoms with Crippen LogP contribution in [0.2, 0.25) is 0 Å². The molecule has 1 aliphatic heterocycles. The summed E-state index contributed by atoms with van der Waals surface area (Å²) in [6.45, 7) is 4.13. The van der Waals surface area contributed by atoms with Crippen molar-refractivity contribution in [2.45, 2.75) is 38.8 Å². The minimum atomic E-state index is -0.230. The third-order valence-electron chi connectivity index (χ3n) is 2.97. The average Bonchev–Trinajstić information content (AvgIpc) is 2.96. The molecule has 100 valence electrons. The van der Waals surface area contributed by atoms with Crippen LogP contribution in [0.3, 0.4) is 0 Å². The van der Waals surface area contributed by atoms with Crippen molar-refractivity contribution in [3.05, 3.63) is 16.4 Å². The zero-order valence-electron chi connectivity index (χ0n) is 10.5. The highest BCUT2D eigenvalue weighted by Crippen LogP contribution is 2.13. The number of carbonyl (C=O) groups is 1. The predicted octanol–water partition coefficient (Wildman–Crippen LogP) is 1.64. The molecule has 1 saturated heterocycles. The fourth-order valence-electron chi connectivity index (χ4n) is 1.96. The zero-order valence-corrected chi connectivity index (χ0v) is 12.1. The van der Waals surface area contributed by atoms with Crippen molar-refractivity contribution in [1.29, 1.82) is 0 Å². The monoisotopic (exact) mass is 315 g/mol. The largest absolute Gasteiger partial charge is 0.368 e. The number of aryl methyl sites for hydroxylation is 2. The van der Waals surface area contributed by atoms with E-state index in [1.165, 1.54) is 0 Å². The summed E-state index contributed by atoms with van der Waals surface area (Å²) in [5.74, 6) is 0.0188. The summed E-state index contributed by atoms with van der Waals surface area (Å²) in [6, 6.07) is 0. The molecule has 0 radical (unpaired) electrons. The van der Waals surface area contributed by atoms with E-state index in [4.69, 9.17) is 4.74 Å². The topological polar surface area (TPSA) is 56.2 Å². The van der Waals surface area contributed by atoms with Gasteiger partial charge in [0.15, 0.2) is 0 Å². The summed E-state index contributed by atoms with van der Waals surface area (Å²) in [5, 5.41) is 7.24. The SMILES string of the molecule is Cc1nn(CCCNC(=O)[C@@H]2CCCO2)cc1Br. The van der Waals surface area contributed by atoms with Crippen LogP contribution >= 0.6 is 15.9 Å². The van der Waals surface area contributed by atoms with Gasteiger partial charge in [0, 0.05) is 25.9 Å².